The van der Waals surface area contributed by atoms with Gasteiger partial charge in [0.05, 0.1) is 17.5 Å². The number of halogens is 3. The molecule has 0 aromatic heterocycles. The molecule has 0 heterocycles. The van der Waals surface area contributed by atoms with Gasteiger partial charge in [-0.05, 0) is 22.0 Å². The Labute approximate surface area is 83.6 Å². The molecule has 0 amide bonds. The van der Waals surface area contributed by atoms with Crippen molar-refractivity contribution in [2.45, 2.75) is 5.88 Å². The van der Waals surface area contributed by atoms with Gasteiger partial charge >= 0.3 is 0 Å². The Morgan fingerprint density at radius 2 is 2.25 bits per heavy atom. The second-order valence-electron chi connectivity index (χ2n) is 2.21. The minimum atomic E-state index is -0.347. The van der Waals surface area contributed by atoms with Crippen LogP contribution in [0.5, 0.6) is 5.75 Å². The highest BCUT2D eigenvalue weighted by molar-refractivity contribution is 9.10. The van der Waals surface area contributed by atoms with Gasteiger partial charge in [-0.15, -0.1) is 11.6 Å². The van der Waals surface area contributed by atoms with Crippen molar-refractivity contribution in [1.29, 1.82) is 0 Å². The Kier molecular flexibility index (Phi) is 3.35. The molecule has 0 aliphatic rings. The van der Waals surface area contributed by atoms with Crippen LogP contribution in [-0.4, -0.2) is 7.11 Å². The van der Waals surface area contributed by atoms with E-state index in [-0.39, 0.29) is 5.82 Å². The summed E-state index contributed by atoms with van der Waals surface area (Å²) in [5.74, 6) is 0.439. The van der Waals surface area contributed by atoms with Crippen LogP contribution in [0.15, 0.2) is 16.6 Å². The molecule has 4 heteroatoms. The largest absolute Gasteiger partial charge is 0.496 e. The Hall–Kier alpha value is -0.280. The van der Waals surface area contributed by atoms with Crippen molar-refractivity contribution in [2.24, 2.45) is 0 Å². The first-order valence-corrected chi connectivity index (χ1v) is 4.59. The third-order valence-corrected chi connectivity index (χ3v) is 2.36. The van der Waals surface area contributed by atoms with Gasteiger partial charge in [0, 0.05) is 11.6 Å². The lowest BCUT2D eigenvalue weighted by Gasteiger charge is -2.06. The summed E-state index contributed by atoms with van der Waals surface area (Å²) in [7, 11) is 1.48. The van der Waals surface area contributed by atoms with E-state index in [1.54, 1.807) is 6.07 Å². The highest BCUT2D eigenvalue weighted by atomic mass is 79.9. The lowest BCUT2D eigenvalue weighted by molar-refractivity contribution is 0.407. The monoisotopic (exact) mass is 252 g/mol. The number of methoxy groups -OCH3 is 1. The summed E-state index contributed by atoms with van der Waals surface area (Å²) >= 11 is 8.67. The van der Waals surface area contributed by atoms with E-state index in [1.807, 2.05) is 0 Å². The first-order valence-electron chi connectivity index (χ1n) is 3.27. The SMILES string of the molecule is COc1cc(F)c(Br)cc1CCl. The Morgan fingerprint density at radius 1 is 1.58 bits per heavy atom. The van der Waals surface area contributed by atoms with Gasteiger partial charge < -0.3 is 4.74 Å². The van der Waals surface area contributed by atoms with Crippen LogP contribution in [0.3, 0.4) is 0 Å². The molecule has 1 rings (SSSR count). The van der Waals surface area contributed by atoms with Gasteiger partial charge in [-0.2, -0.15) is 0 Å². The molecule has 1 nitrogen and oxygen atoms in total. The van der Waals surface area contributed by atoms with Crippen LogP contribution in [0.25, 0.3) is 0 Å². The van der Waals surface area contributed by atoms with E-state index in [1.165, 1.54) is 13.2 Å². The third kappa shape index (κ3) is 1.90. The van der Waals surface area contributed by atoms with Gasteiger partial charge in [-0.1, -0.05) is 0 Å². The molecule has 1 aromatic carbocycles. The molecule has 66 valence electrons. The van der Waals surface area contributed by atoms with E-state index >= 15 is 0 Å². The summed E-state index contributed by atoms with van der Waals surface area (Å²) in [6, 6.07) is 2.92. The molecule has 0 saturated carbocycles. The van der Waals surface area contributed by atoms with Crippen LogP contribution in [-0.2, 0) is 5.88 Å². The van der Waals surface area contributed by atoms with E-state index < -0.39 is 0 Å². The zero-order valence-corrected chi connectivity index (χ0v) is 8.75. The quantitative estimate of drug-likeness (QED) is 0.735. The molecular weight excluding hydrogens is 246 g/mol. The summed E-state index contributed by atoms with van der Waals surface area (Å²) < 4.78 is 18.2. The van der Waals surface area contributed by atoms with Crippen LogP contribution < -0.4 is 4.74 Å². The predicted octanol–water partition coefficient (Wildman–Crippen LogP) is 3.34. The van der Waals surface area contributed by atoms with Gasteiger partial charge in [0.2, 0.25) is 0 Å². The molecule has 0 unspecified atom stereocenters. The number of ether oxygens (including phenoxy) is 1. The van der Waals surface area contributed by atoms with Crippen molar-refractivity contribution in [3.8, 4) is 5.75 Å². The van der Waals surface area contributed by atoms with Crippen molar-refractivity contribution < 1.29 is 9.13 Å². The van der Waals surface area contributed by atoms with Gasteiger partial charge in [0.25, 0.3) is 0 Å². The van der Waals surface area contributed by atoms with Gasteiger partial charge in [-0.3, -0.25) is 0 Å². The molecular formula is C8H7BrClFO. The average molecular weight is 253 g/mol. The second-order valence-corrected chi connectivity index (χ2v) is 3.33. The van der Waals surface area contributed by atoms with Crippen molar-refractivity contribution in [3.05, 3.63) is 28.0 Å². The smallest absolute Gasteiger partial charge is 0.141 e. The standard InChI is InChI=1S/C8H7BrClFO/c1-12-8-3-7(11)6(9)2-5(8)4-10/h2-3H,4H2,1H3. The molecule has 0 atom stereocenters. The molecule has 0 aliphatic heterocycles. The lowest BCUT2D eigenvalue weighted by Crippen LogP contribution is -1.91. The van der Waals surface area contributed by atoms with E-state index in [2.05, 4.69) is 15.9 Å². The first kappa shape index (κ1) is 9.81. The Morgan fingerprint density at radius 3 is 2.75 bits per heavy atom. The fourth-order valence-electron chi connectivity index (χ4n) is 0.864. The maximum atomic E-state index is 12.9. The molecule has 0 bridgehead atoms. The van der Waals surface area contributed by atoms with Gasteiger partial charge in [0.1, 0.15) is 11.6 Å². The van der Waals surface area contributed by atoms with Gasteiger partial charge in [-0.25, -0.2) is 4.39 Å². The summed E-state index contributed by atoms with van der Waals surface area (Å²) in [5, 5.41) is 0. The zero-order valence-electron chi connectivity index (χ0n) is 6.40. The fourth-order valence-corrected chi connectivity index (χ4v) is 1.46. The van der Waals surface area contributed by atoms with Crippen LogP contribution in [0, 0.1) is 5.82 Å². The van der Waals surface area contributed by atoms with Crippen LogP contribution in [0.2, 0.25) is 0 Å². The van der Waals surface area contributed by atoms with Crippen LogP contribution >= 0.6 is 27.5 Å². The maximum absolute atomic E-state index is 12.9. The van der Waals surface area contributed by atoms with Crippen molar-refractivity contribution in [3.63, 3.8) is 0 Å². The van der Waals surface area contributed by atoms with E-state index in [0.717, 1.165) is 5.56 Å². The van der Waals surface area contributed by atoms with Crippen LogP contribution in [0.4, 0.5) is 4.39 Å². The Bertz CT molecular complexity index is 262. The van der Waals surface area contributed by atoms with E-state index in [4.69, 9.17) is 16.3 Å². The van der Waals surface area contributed by atoms with Crippen molar-refractivity contribution in [1.82, 2.24) is 0 Å². The number of hydrogen-bond acceptors (Lipinski definition) is 1. The van der Waals surface area contributed by atoms with Gasteiger partial charge in [0.15, 0.2) is 0 Å². The molecule has 0 aliphatic carbocycles. The van der Waals surface area contributed by atoms with Crippen molar-refractivity contribution >= 4 is 27.5 Å². The molecule has 0 radical (unpaired) electrons. The summed E-state index contributed by atoms with van der Waals surface area (Å²) in [5.41, 5.74) is 0.771. The molecule has 1 aromatic rings. The summed E-state index contributed by atoms with van der Waals surface area (Å²) in [4.78, 5) is 0. The predicted molar refractivity (Wildman–Crippen MR) is 50.2 cm³/mol. The topological polar surface area (TPSA) is 9.23 Å². The number of rotatable bonds is 2. The molecule has 12 heavy (non-hydrogen) atoms. The minimum absolute atomic E-state index is 0.308. The van der Waals surface area contributed by atoms with Crippen LogP contribution in [0.1, 0.15) is 5.56 Å². The highest BCUT2D eigenvalue weighted by Gasteiger charge is 2.07. The normalized spacial score (nSPS) is 10.0. The molecule has 0 saturated heterocycles. The van der Waals surface area contributed by atoms with Crippen molar-refractivity contribution in [2.75, 3.05) is 7.11 Å². The number of hydrogen-bond donors (Lipinski definition) is 0. The maximum Gasteiger partial charge on any atom is 0.141 e. The first-order chi connectivity index (χ1) is 5.69. The number of benzene rings is 1. The fraction of sp³-hybridized carbons (Fsp3) is 0.250. The average Bonchev–Trinajstić information content (AvgIpc) is 2.09. The second kappa shape index (κ2) is 4.10. The lowest BCUT2D eigenvalue weighted by atomic mass is 10.2. The summed E-state index contributed by atoms with van der Waals surface area (Å²) in [6.45, 7) is 0. The Balaban J connectivity index is 3.19. The van der Waals surface area contributed by atoms with E-state index in [0.29, 0.717) is 16.1 Å². The molecule has 0 fully saturated rings. The summed E-state index contributed by atoms with van der Waals surface area (Å²) in [6.07, 6.45) is 0. The number of alkyl halides is 1. The zero-order chi connectivity index (χ0) is 9.14. The molecule has 0 N–H and O–H groups in total. The molecule has 0 spiro atoms. The third-order valence-electron chi connectivity index (χ3n) is 1.47. The highest BCUT2D eigenvalue weighted by Crippen LogP contribution is 2.27. The van der Waals surface area contributed by atoms with E-state index in [9.17, 15) is 4.39 Å². The minimum Gasteiger partial charge on any atom is -0.496 e.